The molecule has 24 heavy (non-hydrogen) atoms. The second kappa shape index (κ2) is 6.58. The van der Waals surface area contributed by atoms with Crippen molar-refractivity contribution in [2.75, 3.05) is 0 Å². The van der Waals surface area contributed by atoms with E-state index in [1.54, 1.807) is 31.2 Å². The Morgan fingerprint density at radius 1 is 1.29 bits per heavy atom. The fourth-order valence-electron chi connectivity index (χ4n) is 2.62. The summed E-state index contributed by atoms with van der Waals surface area (Å²) in [6.07, 6.45) is -4.55. The maximum absolute atomic E-state index is 12.9. The lowest BCUT2D eigenvalue weighted by atomic mass is 9.87. The number of carbonyl (C=O) groups is 1. The number of carbonyl (C=O) groups excluding carboxylic acids is 1. The standard InChI is InChI=1S/C14H11BrF3N3O.C2H6/c1-13(8-3-2-4-9(15)5-8)11-6-10(14(16,17)18)20-21(11)7-12(22)19-13;1-2/h2-6H,7H2,1H3,(H,19,22);1-2H3. The predicted molar refractivity (Wildman–Crippen MR) is 87.3 cm³/mol. The summed E-state index contributed by atoms with van der Waals surface area (Å²) < 4.78 is 40.6. The normalized spacial score (nSPS) is 19.9. The van der Waals surface area contributed by atoms with Crippen molar-refractivity contribution in [2.24, 2.45) is 0 Å². The quantitative estimate of drug-likeness (QED) is 0.779. The highest BCUT2D eigenvalue weighted by Crippen LogP contribution is 2.37. The van der Waals surface area contributed by atoms with E-state index < -0.39 is 17.4 Å². The molecule has 0 aliphatic carbocycles. The van der Waals surface area contributed by atoms with Gasteiger partial charge >= 0.3 is 6.18 Å². The third-order valence-electron chi connectivity index (χ3n) is 3.67. The number of fused-ring (bicyclic) bond motifs is 1. The van der Waals surface area contributed by atoms with Crippen LogP contribution in [-0.4, -0.2) is 15.7 Å². The first-order valence-electron chi connectivity index (χ1n) is 7.43. The molecule has 2 heterocycles. The van der Waals surface area contributed by atoms with Gasteiger partial charge in [-0.15, -0.1) is 0 Å². The molecule has 1 unspecified atom stereocenters. The third-order valence-corrected chi connectivity index (χ3v) is 4.16. The average Bonchev–Trinajstić information content (AvgIpc) is 2.94. The van der Waals surface area contributed by atoms with E-state index >= 15 is 0 Å². The molecule has 130 valence electrons. The van der Waals surface area contributed by atoms with Crippen LogP contribution >= 0.6 is 15.9 Å². The predicted octanol–water partition coefficient (Wildman–Crippen LogP) is 4.08. The Morgan fingerprint density at radius 2 is 1.96 bits per heavy atom. The number of benzene rings is 1. The van der Waals surface area contributed by atoms with E-state index in [0.29, 0.717) is 11.3 Å². The first-order valence-corrected chi connectivity index (χ1v) is 8.22. The van der Waals surface area contributed by atoms with Crippen molar-refractivity contribution in [1.29, 1.82) is 0 Å². The van der Waals surface area contributed by atoms with Gasteiger partial charge in [-0.2, -0.15) is 18.3 Å². The van der Waals surface area contributed by atoms with Crippen LogP contribution in [0.25, 0.3) is 0 Å². The lowest BCUT2D eigenvalue weighted by Gasteiger charge is -2.35. The molecule has 8 heteroatoms. The van der Waals surface area contributed by atoms with Gasteiger partial charge in [0.1, 0.15) is 12.1 Å². The molecule has 3 rings (SSSR count). The molecule has 1 amide bonds. The fourth-order valence-corrected chi connectivity index (χ4v) is 3.02. The second-order valence-corrected chi connectivity index (χ2v) is 6.17. The molecule has 0 radical (unpaired) electrons. The van der Waals surface area contributed by atoms with E-state index in [1.165, 1.54) is 0 Å². The Labute approximate surface area is 146 Å². The maximum Gasteiger partial charge on any atom is 0.435 e. The Kier molecular flexibility index (Phi) is 5.08. The van der Waals surface area contributed by atoms with Crippen molar-refractivity contribution >= 4 is 21.8 Å². The summed E-state index contributed by atoms with van der Waals surface area (Å²) in [5, 5.41) is 6.30. The number of halogens is 4. The van der Waals surface area contributed by atoms with Gasteiger partial charge in [-0.3, -0.25) is 9.48 Å². The first-order chi connectivity index (χ1) is 11.2. The Balaban J connectivity index is 0.00000100. The third kappa shape index (κ3) is 3.33. The number of nitrogens with zero attached hydrogens (tertiary/aromatic N) is 2. The Bertz CT molecular complexity index is 757. The van der Waals surface area contributed by atoms with Crippen molar-refractivity contribution in [1.82, 2.24) is 15.1 Å². The Hall–Kier alpha value is -1.83. The summed E-state index contributed by atoms with van der Waals surface area (Å²) >= 11 is 3.33. The molecule has 1 aromatic carbocycles. The number of rotatable bonds is 1. The van der Waals surface area contributed by atoms with Gasteiger partial charge in [0.2, 0.25) is 5.91 Å². The molecular weight excluding hydrogens is 387 g/mol. The molecule has 1 aliphatic rings. The monoisotopic (exact) mass is 403 g/mol. The largest absolute Gasteiger partial charge is 0.435 e. The lowest BCUT2D eigenvalue weighted by Crippen LogP contribution is -2.51. The van der Waals surface area contributed by atoms with Crippen molar-refractivity contribution in [3.63, 3.8) is 0 Å². The number of hydrogen-bond acceptors (Lipinski definition) is 2. The summed E-state index contributed by atoms with van der Waals surface area (Å²) in [6.45, 7) is 5.44. The van der Waals surface area contributed by atoms with E-state index in [1.807, 2.05) is 13.8 Å². The average molecular weight is 404 g/mol. The molecule has 1 atom stereocenters. The van der Waals surface area contributed by atoms with Gasteiger partial charge in [-0.25, -0.2) is 0 Å². The highest BCUT2D eigenvalue weighted by Gasteiger charge is 2.43. The van der Waals surface area contributed by atoms with Gasteiger partial charge in [0.15, 0.2) is 5.69 Å². The van der Waals surface area contributed by atoms with Crippen LogP contribution in [0.15, 0.2) is 34.8 Å². The minimum absolute atomic E-state index is 0.227. The molecule has 0 bridgehead atoms. The molecule has 0 fully saturated rings. The van der Waals surface area contributed by atoms with E-state index in [4.69, 9.17) is 0 Å². The summed E-state index contributed by atoms with van der Waals surface area (Å²) in [4.78, 5) is 11.9. The van der Waals surface area contributed by atoms with E-state index in [0.717, 1.165) is 15.2 Å². The highest BCUT2D eigenvalue weighted by atomic mass is 79.9. The van der Waals surface area contributed by atoms with Crippen LogP contribution < -0.4 is 5.32 Å². The maximum atomic E-state index is 12.9. The van der Waals surface area contributed by atoms with Gasteiger partial charge in [0.05, 0.1) is 5.69 Å². The zero-order valence-electron chi connectivity index (χ0n) is 13.4. The van der Waals surface area contributed by atoms with Gasteiger partial charge in [-0.05, 0) is 30.7 Å². The molecule has 0 spiro atoms. The summed E-state index contributed by atoms with van der Waals surface area (Å²) in [5.41, 5.74) is -1.10. The van der Waals surface area contributed by atoms with Crippen LogP contribution in [0.2, 0.25) is 0 Å². The molecular formula is C16H17BrF3N3O. The molecule has 1 aromatic heterocycles. The molecule has 1 aliphatic heterocycles. The van der Waals surface area contributed by atoms with Gasteiger partial charge in [0.25, 0.3) is 0 Å². The van der Waals surface area contributed by atoms with Crippen molar-refractivity contribution < 1.29 is 18.0 Å². The summed E-state index contributed by atoms with van der Waals surface area (Å²) in [5.74, 6) is -0.383. The van der Waals surface area contributed by atoms with Gasteiger partial charge in [-0.1, -0.05) is 41.9 Å². The van der Waals surface area contributed by atoms with E-state index in [9.17, 15) is 18.0 Å². The molecule has 4 nitrogen and oxygen atoms in total. The van der Waals surface area contributed by atoms with Crippen molar-refractivity contribution in [3.05, 3.63) is 51.8 Å². The SMILES string of the molecule is CC.CC1(c2cccc(Br)c2)NC(=O)Cn2nc(C(F)(F)F)cc21. The van der Waals surface area contributed by atoms with Crippen LogP contribution in [0.3, 0.4) is 0 Å². The van der Waals surface area contributed by atoms with E-state index in [-0.39, 0.29) is 12.5 Å². The smallest absolute Gasteiger partial charge is 0.340 e. The van der Waals surface area contributed by atoms with Crippen LogP contribution in [0.1, 0.15) is 37.7 Å². The zero-order valence-corrected chi connectivity index (χ0v) is 15.0. The van der Waals surface area contributed by atoms with Crippen LogP contribution in [0, 0.1) is 0 Å². The highest BCUT2D eigenvalue weighted by molar-refractivity contribution is 9.10. The number of nitrogens with one attached hydrogen (secondary N) is 1. The second-order valence-electron chi connectivity index (χ2n) is 5.25. The molecule has 2 aromatic rings. The lowest BCUT2D eigenvalue weighted by molar-refractivity contribution is -0.141. The number of alkyl halides is 3. The van der Waals surface area contributed by atoms with Crippen LogP contribution in [-0.2, 0) is 23.1 Å². The Morgan fingerprint density at radius 3 is 2.54 bits per heavy atom. The molecule has 0 saturated carbocycles. The minimum Gasteiger partial charge on any atom is -0.340 e. The van der Waals surface area contributed by atoms with Gasteiger partial charge in [0, 0.05) is 4.47 Å². The number of amides is 1. The fraction of sp³-hybridized carbons (Fsp3) is 0.375. The number of hydrogen-bond donors (Lipinski definition) is 1. The van der Waals surface area contributed by atoms with Crippen LogP contribution in [0.4, 0.5) is 13.2 Å². The zero-order chi connectivity index (χ0) is 18.1. The van der Waals surface area contributed by atoms with Crippen molar-refractivity contribution in [3.8, 4) is 0 Å². The summed E-state index contributed by atoms with van der Waals surface area (Å²) in [6, 6.07) is 8.06. The summed E-state index contributed by atoms with van der Waals surface area (Å²) in [7, 11) is 0. The molecule has 0 saturated heterocycles. The van der Waals surface area contributed by atoms with Crippen molar-refractivity contribution in [2.45, 2.75) is 39.0 Å². The van der Waals surface area contributed by atoms with E-state index in [2.05, 4.69) is 26.3 Å². The first kappa shape index (κ1) is 18.5. The van der Waals surface area contributed by atoms with Gasteiger partial charge < -0.3 is 5.32 Å². The minimum atomic E-state index is -4.55. The molecule has 1 N–H and O–H groups in total. The topological polar surface area (TPSA) is 46.9 Å². The van der Waals surface area contributed by atoms with Crippen LogP contribution in [0.5, 0.6) is 0 Å². The number of aromatic nitrogens is 2.